The molecule has 0 aliphatic carbocycles. The molecular formula is C26H24FN5O. The Morgan fingerprint density at radius 2 is 1.97 bits per heavy atom. The summed E-state index contributed by atoms with van der Waals surface area (Å²) in [5.74, 6) is -0.310. The number of carbonyl (C=O) groups is 1. The molecule has 5 rings (SSSR count). The van der Waals surface area contributed by atoms with Gasteiger partial charge in [-0.2, -0.15) is 0 Å². The lowest BCUT2D eigenvalue weighted by Crippen LogP contribution is -2.31. The average molecular weight is 442 g/mol. The summed E-state index contributed by atoms with van der Waals surface area (Å²) in [7, 11) is 1.94. The number of benzene rings is 1. The summed E-state index contributed by atoms with van der Waals surface area (Å²) in [5, 5.41) is 0. The van der Waals surface area contributed by atoms with Gasteiger partial charge in [-0.25, -0.2) is 14.4 Å². The van der Waals surface area contributed by atoms with Crippen molar-refractivity contribution in [1.82, 2.24) is 24.4 Å². The number of pyridine rings is 2. The van der Waals surface area contributed by atoms with Gasteiger partial charge in [-0.1, -0.05) is 24.3 Å². The number of imidazole rings is 1. The smallest absolute Gasteiger partial charge is 0.255 e. The lowest BCUT2D eigenvalue weighted by molar-refractivity contribution is 0.0732. The van der Waals surface area contributed by atoms with E-state index in [9.17, 15) is 9.18 Å². The zero-order valence-corrected chi connectivity index (χ0v) is 18.4. The molecule has 6 nitrogen and oxygen atoms in total. The van der Waals surface area contributed by atoms with Crippen molar-refractivity contribution in [2.24, 2.45) is 7.05 Å². The second-order valence-corrected chi connectivity index (χ2v) is 8.30. The van der Waals surface area contributed by atoms with Gasteiger partial charge in [0.1, 0.15) is 5.82 Å². The average Bonchev–Trinajstić information content (AvgIpc) is 3.50. The maximum atomic E-state index is 13.9. The van der Waals surface area contributed by atoms with Crippen LogP contribution in [0.2, 0.25) is 0 Å². The minimum absolute atomic E-state index is 0.0600. The molecule has 0 saturated carbocycles. The highest BCUT2D eigenvalue weighted by Gasteiger charge is 2.32. The minimum Gasteiger partial charge on any atom is -0.332 e. The molecule has 3 aromatic heterocycles. The van der Waals surface area contributed by atoms with E-state index in [4.69, 9.17) is 4.98 Å². The molecule has 1 aromatic carbocycles. The van der Waals surface area contributed by atoms with Crippen LogP contribution in [0, 0.1) is 5.82 Å². The zero-order valence-electron chi connectivity index (χ0n) is 18.4. The summed E-state index contributed by atoms with van der Waals surface area (Å²) in [6.07, 6.45) is 7.31. The minimum atomic E-state index is -0.250. The fraction of sp³-hybridized carbons (Fsp3) is 0.231. The highest BCUT2D eigenvalue weighted by molar-refractivity contribution is 5.94. The number of likely N-dealkylation sites (tertiary alicyclic amines) is 1. The first-order valence-electron chi connectivity index (χ1n) is 11.0. The third-order valence-corrected chi connectivity index (χ3v) is 6.11. The third-order valence-electron chi connectivity index (χ3n) is 6.11. The molecule has 1 atom stereocenters. The molecule has 0 N–H and O–H groups in total. The molecule has 1 fully saturated rings. The van der Waals surface area contributed by atoms with E-state index >= 15 is 0 Å². The van der Waals surface area contributed by atoms with Crippen molar-refractivity contribution < 1.29 is 9.18 Å². The van der Waals surface area contributed by atoms with Gasteiger partial charge in [0.2, 0.25) is 0 Å². The van der Waals surface area contributed by atoms with Gasteiger partial charge in [0.25, 0.3) is 5.91 Å². The van der Waals surface area contributed by atoms with E-state index in [0.29, 0.717) is 24.1 Å². The number of nitrogens with zero attached hydrogens (tertiary/aromatic N) is 5. The highest BCUT2D eigenvalue weighted by atomic mass is 19.1. The Labute approximate surface area is 191 Å². The van der Waals surface area contributed by atoms with Crippen molar-refractivity contribution in [3.63, 3.8) is 0 Å². The molecule has 7 heteroatoms. The van der Waals surface area contributed by atoms with Gasteiger partial charge >= 0.3 is 0 Å². The maximum Gasteiger partial charge on any atom is 0.255 e. The molecule has 1 aliphatic heterocycles. The molecule has 4 heterocycles. The van der Waals surface area contributed by atoms with E-state index in [-0.39, 0.29) is 17.8 Å². The quantitative estimate of drug-likeness (QED) is 0.455. The van der Waals surface area contributed by atoms with Crippen LogP contribution < -0.4 is 0 Å². The number of carbonyl (C=O) groups excluding carboxylic acids is 1. The molecule has 1 amide bonds. The second-order valence-electron chi connectivity index (χ2n) is 8.30. The number of aromatic nitrogens is 4. The first-order valence-corrected chi connectivity index (χ1v) is 11.0. The van der Waals surface area contributed by atoms with Crippen molar-refractivity contribution in [3.8, 4) is 11.4 Å². The standard InChI is InChI=1S/C26H24FN5O/c1-31-17-28-16-25(31)23-9-4-8-22(30-23)24-10-5-13-32(24)26(33)19-11-12-20(29-15-19)14-18-6-2-3-7-21(18)27/h2-4,6-9,11-12,15-17,24H,5,10,13-14H2,1H3/t24-/m0/s1. The summed E-state index contributed by atoms with van der Waals surface area (Å²) in [6.45, 7) is 0.679. The number of hydrogen-bond donors (Lipinski definition) is 0. The van der Waals surface area contributed by atoms with Crippen LogP contribution in [0.5, 0.6) is 0 Å². The van der Waals surface area contributed by atoms with Gasteiger partial charge < -0.3 is 9.47 Å². The second kappa shape index (κ2) is 8.94. The Kier molecular flexibility index (Phi) is 5.69. The lowest BCUT2D eigenvalue weighted by atomic mass is 10.1. The predicted octanol–water partition coefficient (Wildman–Crippen LogP) is 4.58. The zero-order chi connectivity index (χ0) is 22.8. The van der Waals surface area contributed by atoms with E-state index in [2.05, 4.69) is 9.97 Å². The van der Waals surface area contributed by atoms with Crippen LogP contribution in [0.3, 0.4) is 0 Å². The van der Waals surface area contributed by atoms with E-state index in [0.717, 1.165) is 35.6 Å². The molecular weight excluding hydrogens is 417 g/mol. The number of halogens is 1. The van der Waals surface area contributed by atoms with Crippen LogP contribution in [-0.4, -0.2) is 36.9 Å². The van der Waals surface area contributed by atoms with Crippen LogP contribution in [0.1, 0.15) is 46.2 Å². The Bertz CT molecular complexity index is 1280. The van der Waals surface area contributed by atoms with Crippen LogP contribution in [-0.2, 0) is 13.5 Å². The topological polar surface area (TPSA) is 63.9 Å². The lowest BCUT2D eigenvalue weighted by Gasteiger charge is -2.24. The number of hydrogen-bond acceptors (Lipinski definition) is 4. The van der Waals surface area contributed by atoms with E-state index in [1.165, 1.54) is 6.07 Å². The van der Waals surface area contributed by atoms with Gasteiger partial charge in [-0.05, 0) is 48.7 Å². The van der Waals surface area contributed by atoms with Crippen LogP contribution in [0.4, 0.5) is 4.39 Å². The summed E-state index contributed by atoms with van der Waals surface area (Å²) in [5.41, 5.74) is 4.49. The molecule has 0 spiro atoms. The first-order chi connectivity index (χ1) is 16.1. The highest BCUT2D eigenvalue weighted by Crippen LogP contribution is 2.33. The molecule has 4 aromatic rings. The Morgan fingerprint density at radius 3 is 2.73 bits per heavy atom. The molecule has 33 heavy (non-hydrogen) atoms. The van der Waals surface area contributed by atoms with Crippen molar-refractivity contribution >= 4 is 5.91 Å². The molecule has 0 unspecified atom stereocenters. The Balaban J connectivity index is 1.34. The van der Waals surface area contributed by atoms with Crippen molar-refractivity contribution in [2.75, 3.05) is 6.54 Å². The van der Waals surface area contributed by atoms with Gasteiger partial charge in [0.05, 0.1) is 41.2 Å². The fourth-order valence-electron chi connectivity index (χ4n) is 4.36. The van der Waals surface area contributed by atoms with Crippen molar-refractivity contribution in [1.29, 1.82) is 0 Å². The van der Waals surface area contributed by atoms with Gasteiger partial charge in [0, 0.05) is 31.9 Å². The SMILES string of the molecule is Cn1cncc1-c1cccc([C@@H]2CCCN2C(=O)c2ccc(Cc3ccccc3F)nc2)n1. The monoisotopic (exact) mass is 441 g/mol. The van der Waals surface area contributed by atoms with Crippen LogP contribution in [0.25, 0.3) is 11.4 Å². The fourth-order valence-corrected chi connectivity index (χ4v) is 4.36. The van der Waals surface area contributed by atoms with E-state index in [1.54, 1.807) is 49.1 Å². The number of aryl methyl sites for hydroxylation is 1. The summed E-state index contributed by atoms with van der Waals surface area (Å²) < 4.78 is 15.9. The van der Waals surface area contributed by atoms with E-state index in [1.807, 2.05) is 34.7 Å². The largest absolute Gasteiger partial charge is 0.332 e. The van der Waals surface area contributed by atoms with Gasteiger partial charge in [-0.3, -0.25) is 9.78 Å². The molecule has 0 bridgehead atoms. The molecule has 1 saturated heterocycles. The number of rotatable bonds is 5. The molecule has 1 aliphatic rings. The van der Waals surface area contributed by atoms with Crippen molar-refractivity contribution in [3.05, 3.63) is 102 Å². The van der Waals surface area contributed by atoms with E-state index < -0.39 is 0 Å². The normalized spacial score (nSPS) is 15.7. The van der Waals surface area contributed by atoms with Gasteiger partial charge in [0.15, 0.2) is 0 Å². The third kappa shape index (κ3) is 4.26. The van der Waals surface area contributed by atoms with Crippen molar-refractivity contribution in [2.45, 2.75) is 25.3 Å². The molecule has 166 valence electrons. The van der Waals surface area contributed by atoms with Crippen LogP contribution in [0.15, 0.2) is 73.3 Å². The maximum absolute atomic E-state index is 13.9. The summed E-state index contributed by atoms with van der Waals surface area (Å²) in [6, 6.07) is 16.1. The molecule has 0 radical (unpaired) electrons. The summed E-state index contributed by atoms with van der Waals surface area (Å²) in [4.78, 5) is 28.6. The first kappa shape index (κ1) is 21.0. The Hall–Kier alpha value is -3.87. The predicted molar refractivity (Wildman–Crippen MR) is 123 cm³/mol. The summed E-state index contributed by atoms with van der Waals surface area (Å²) >= 11 is 0. The van der Waals surface area contributed by atoms with Gasteiger partial charge in [-0.15, -0.1) is 0 Å². The van der Waals surface area contributed by atoms with Crippen LogP contribution >= 0.6 is 0 Å². The number of amides is 1. The Morgan fingerprint density at radius 1 is 1.09 bits per heavy atom.